The van der Waals surface area contributed by atoms with Gasteiger partial charge in [-0.15, -0.1) is 0 Å². The van der Waals surface area contributed by atoms with Gasteiger partial charge in [-0.1, -0.05) is 73.0 Å². The number of benzene rings is 3. The Labute approximate surface area is 214 Å². The number of nitrogens with zero attached hydrogens (tertiary/aromatic N) is 2. The number of rotatable bonds is 5. The Kier molecular flexibility index (Phi) is 7.55. The molecule has 2 atom stereocenters. The number of anilines is 1. The van der Waals surface area contributed by atoms with E-state index in [1.807, 2.05) is 60.4 Å². The van der Waals surface area contributed by atoms with Crippen LogP contribution in [0.3, 0.4) is 0 Å². The SMILES string of the molecule is Cc1ccccc1C(=O)N(c1ccc(Cl)cc1)C1CCN(C2CCCCC2c2ccccc2)CC1. The summed E-state index contributed by atoms with van der Waals surface area (Å²) < 4.78 is 0. The molecule has 1 amide bonds. The largest absolute Gasteiger partial charge is 0.305 e. The van der Waals surface area contributed by atoms with Crippen molar-refractivity contribution < 1.29 is 4.79 Å². The molecule has 3 nitrogen and oxygen atoms in total. The molecule has 2 fully saturated rings. The van der Waals surface area contributed by atoms with Crippen LogP contribution in [0.15, 0.2) is 78.9 Å². The minimum absolute atomic E-state index is 0.0868. The van der Waals surface area contributed by atoms with Crippen molar-refractivity contribution in [3.63, 3.8) is 0 Å². The summed E-state index contributed by atoms with van der Waals surface area (Å²) in [7, 11) is 0. The topological polar surface area (TPSA) is 23.6 Å². The zero-order chi connectivity index (χ0) is 24.2. The highest BCUT2D eigenvalue weighted by molar-refractivity contribution is 6.30. The van der Waals surface area contributed by atoms with Crippen molar-refractivity contribution >= 4 is 23.2 Å². The van der Waals surface area contributed by atoms with Crippen molar-refractivity contribution in [2.45, 2.75) is 63.5 Å². The molecule has 35 heavy (non-hydrogen) atoms. The average Bonchev–Trinajstić information content (AvgIpc) is 2.91. The molecule has 2 unspecified atom stereocenters. The van der Waals surface area contributed by atoms with E-state index in [0.717, 1.165) is 42.7 Å². The second kappa shape index (κ2) is 11.0. The van der Waals surface area contributed by atoms with Crippen molar-refractivity contribution in [3.8, 4) is 0 Å². The first-order chi connectivity index (χ1) is 17.1. The quantitative estimate of drug-likeness (QED) is 0.373. The van der Waals surface area contributed by atoms with Crippen LogP contribution >= 0.6 is 11.6 Å². The number of carbonyl (C=O) groups excluding carboxylic acids is 1. The number of piperidine rings is 1. The van der Waals surface area contributed by atoms with Crippen LogP contribution in [-0.2, 0) is 0 Å². The van der Waals surface area contributed by atoms with Gasteiger partial charge in [0.15, 0.2) is 0 Å². The molecule has 0 bridgehead atoms. The van der Waals surface area contributed by atoms with Crippen molar-refractivity contribution in [1.82, 2.24) is 4.90 Å². The van der Waals surface area contributed by atoms with Gasteiger partial charge in [0.25, 0.3) is 5.91 Å². The maximum atomic E-state index is 13.8. The number of amides is 1. The predicted molar refractivity (Wildman–Crippen MR) is 145 cm³/mol. The lowest BCUT2D eigenvalue weighted by Gasteiger charge is -2.45. The lowest BCUT2D eigenvalue weighted by molar-refractivity contribution is 0.0894. The molecule has 1 saturated carbocycles. The van der Waals surface area contributed by atoms with Crippen molar-refractivity contribution in [1.29, 1.82) is 0 Å². The fourth-order valence-electron chi connectivity index (χ4n) is 6.15. The Morgan fingerprint density at radius 2 is 1.49 bits per heavy atom. The Balaban J connectivity index is 1.36. The van der Waals surface area contributed by atoms with Crippen molar-refractivity contribution in [2.75, 3.05) is 18.0 Å². The maximum Gasteiger partial charge on any atom is 0.258 e. The molecule has 1 saturated heterocycles. The third-order valence-electron chi connectivity index (χ3n) is 7.99. The summed E-state index contributed by atoms with van der Waals surface area (Å²) >= 11 is 6.18. The highest BCUT2D eigenvalue weighted by atomic mass is 35.5. The van der Waals surface area contributed by atoms with Crippen LogP contribution in [0.4, 0.5) is 5.69 Å². The van der Waals surface area contributed by atoms with Gasteiger partial charge in [-0.25, -0.2) is 0 Å². The fraction of sp³-hybridized carbons (Fsp3) is 0.387. The van der Waals surface area contributed by atoms with E-state index < -0.39 is 0 Å². The van der Waals surface area contributed by atoms with E-state index in [0.29, 0.717) is 17.0 Å². The van der Waals surface area contributed by atoms with Gasteiger partial charge in [0, 0.05) is 41.4 Å². The van der Waals surface area contributed by atoms with Gasteiger partial charge in [-0.3, -0.25) is 9.69 Å². The molecular formula is C31H35ClN2O. The maximum absolute atomic E-state index is 13.8. The van der Waals surface area contributed by atoms with Crippen LogP contribution in [-0.4, -0.2) is 36.0 Å². The molecule has 1 heterocycles. The fourth-order valence-corrected chi connectivity index (χ4v) is 6.28. The third kappa shape index (κ3) is 5.32. The van der Waals surface area contributed by atoms with E-state index >= 15 is 0 Å². The number of likely N-dealkylation sites (tertiary alicyclic amines) is 1. The summed E-state index contributed by atoms with van der Waals surface area (Å²) in [6.07, 6.45) is 7.15. The van der Waals surface area contributed by atoms with Crippen LogP contribution < -0.4 is 4.90 Å². The zero-order valence-electron chi connectivity index (χ0n) is 20.6. The minimum Gasteiger partial charge on any atom is -0.305 e. The van der Waals surface area contributed by atoms with Gasteiger partial charge in [-0.2, -0.15) is 0 Å². The van der Waals surface area contributed by atoms with Gasteiger partial charge in [0.05, 0.1) is 0 Å². The van der Waals surface area contributed by atoms with Gasteiger partial charge in [-0.05, 0) is 80.0 Å². The molecule has 1 aliphatic heterocycles. The average molecular weight is 487 g/mol. The molecular weight excluding hydrogens is 452 g/mol. The lowest BCUT2D eigenvalue weighted by Crippen LogP contribution is -2.51. The minimum atomic E-state index is 0.0868. The standard InChI is InChI=1S/C31H35ClN2O/c1-23-9-5-6-12-28(23)31(35)34(26-17-15-25(32)16-18-26)27-19-21-33(22-20-27)30-14-8-7-13-29(30)24-10-3-2-4-11-24/h2-6,9-12,15-18,27,29-30H,7-8,13-14,19-22H2,1H3. The molecule has 3 aromatic rings. The highest BCUT2D eigenvalue weighted by Crippen LogP contribution is 2.38. The summed E-state index contributed by atoms with van der Waals surface area (Å²) in [6, 6.07) is 27.5. The number of hydrogen-bond acceptors (Lipinski definition) is 2. The number of aryl methyl sites for hydroxylation is 1. The summed E-state index contributed by atoms with van der Waals surface area (Å²) in [4.78, 5) is 18.6. The van der Waals surface area contributed by atoms with Crippen LogP contribution in [0.5, 0.6) is 0 Å². The molecule has 2 aliphatic rings. The summed E-state index contributed by atoms with van der Waals surface area (Å²) in [5.74, 6) is 0.700. The molecule has 0 spiro atoms. The molecule has 4 heteroatoms. The van der Waals surface area contributed by atoms with Crippen molar-refractivity contribution in [3.05, 3.63) is 101 Å². The zero-order valence-corrected chi connectivity index (χ0v) is 21.3. The van der Waals surface area contributed by atoms with E-state index in [1.165, 1.54) is 31.2 Å². The predicted octanol–water partition coefficient (Wildman–Crippen LogP) is 7.49. The smallest absolute Gasteiger partial charge is 0.258 e. The molecule has 3 aromatic carbocycles. The summed E-state index contributed by atoms with van der Waals surface area (Å²) in [6.45, 7) is 4.08. The number of carbonyl (C=O) groups is 1. The summed E-state index contributed by atoms with van der Waals surface area (Å²) in [5, 5.41) is 0.691. The Morgan fingerprint density at radius 3 is 2.20 bits per heavy atom. The molecule has 1 aliphatic carbocycles. The van der Waals surface area contributed by atoms with Gasteiger partial charge in [0.1, 0.15) is 0 Å². The molecule has 0 N–H and O–H groups in total. The Hall–Kier alpha value is -2.62. The second-order valence-electron chi connectivity index (χ2n) is 10.1. The Bertz CT molecular complexity index is 1120. The normalized spacial score (nSPS) is 21.5. The number of halogens is 1. The van der Waals surface area contributed by atoms with Crippen LogP contribution in [0.2, 0.25) is 5.02 Å². The van der Waals surface area contributed by atoms with Crippen LogP contribution in [0.1, 0.15) is 65.9 Å². The molecule has 0 aromatic heterocycles. The van der Waals surface area contributed by atoms with Crippen LogP contribution in [0, 0.1) is 6.92 Å². The van der Waals surface area contributed by atoms with E-state index in [9.17, 15) is 4.79 Å². The van der Waals surface area contributed by atoms with E-state index in [2.05, 4.69) is 35.2 Å². The highest BCUT2D eigenvalue weighted by Gasteiger charge is 2.36. The first-order valence-electron chi connectivity index (χ1n) is 13.1. The van der Waals surface area contributed by atoms with E-state index in [-0.39, 0.29) is 11.9 Å². The third-order valence-corrected chi connectivity index (χ3v) is 8.24. The molecule has 182 valence electrons. The van der Waals surface area contributed by atoms with Gasteiger partial charge in [0.2, 0.25) is 0 Å². The van der Waals surface area contributed by atoms with E-state index in [1.54, 1.807) is 0 Å². The van der Waals surface area contributed by atoms with Gasteiger partial charge < -0.3 is 4.90 Å². The molecule has 5 rings (SSSR count). The first kappa shape index (κ1) is 24.1. The second-order valence-corrected chi connectivity index (χ2v) is 10.5. The lowest BCUT2D eigenvalue weighted by atomic mass is 9.78. The van der Waals surface area contributed by atoms with Crippen LogP contribution in [0.25, 0.3) is 0 Å². The van der Waals surface area contributed by atoms with E-state index in [4.69, 9.17) is 11.6 Å². The summed E-state index contributed by atoms with van der Waals surface area (Å²) in [5.41, 5.74) is 4.21. The molecule has 0 radical (unpaired) electrons. The Morgan fingerprint density at radius 1 is 0.829 bits per heavy atom. The van der Waals surface area contributed by atoms with Gasteiger partial charge >= 0.3 is 0 Å². The van der Waals surface area contributed by atoms with Crippen molar-refractivity contribution in [2.24, 2.45) is 0 Å². The number of hydrogen-bond donors (Lipinski definition) is 0. The monoisotopic (exact) mass is 486 g/mol. The first-order valence-corrected chi connectivity index (χ1v) is 13.4.